The van der Waals surface area contributed by atoms with E-state index in [0.29, 0.717) is 25.9 Å². The molecule has 176 valence electrons. The zero-order valence-electron chi connectivity index (χ0n) is 19.7. The van der Waals surface area contributed by atoms with Gasteiger partial charge in [0.25, 0.3) is 0 Å². The maximum absolute atomic E-state index is 13.4. The van der Waals surface area contributed by atoms with E-state index in [4.69, 9.17) is 0 Å². The fourth-order valence-electron chi connectivity index (χ4n) is 5.56. The molecule has 1 spiro atoms. The van der Waals surface area contributed by atoms with Crippen molar-refractivity contribution in [1.29, 1.82) is 0 Å². The van der Waals surface area contributed by atoms with Gasteiger partial charge in [0, 0.05) is 45.0 Å². The number of rotatable bonds is 4. The predicted octanol–water partition coefficient (Wildman–Crippen LogP) is 2.02. The van der Waals surface area contributed by atoms with Gasteiger partial charge in [-0.15, -0.1) is 0 Å². The highest BCUT2D eigenvalue weighted by molar-refractivity contribution is 5.92. The molecule has 1 aromatic rings. The van der Waals surface area contributed by atoms with E-state index in [1.54, 1.807) is 6.20 Å². The first-order valence-corrected chi connectivity index (χ1v) is 11.7. The van der Waals surface area contributed by atoms with Crippen molar-refractivity contribution < 1.29 is 14.0 Å². The lowest BCUT2D eigenvalue weighted by molar-refractivity contribution is -0.135. The second-order valence-corrected chi connectivity index (χ2v) is 11.2. The van der Waals surface area contributed by atoms with E-state index in [2.05, 4.69) is 47.9 Å². The molecule has 4 heterocycles. The summed E-state index contributed by atoms with van der Waals surface area (Å²) in [7, 11) is 2.09. The maximum Gasteiger partial charge on any atom is 0.243 e. The van der Waals surface area contributed by atoms with Gasteiger partial charge in [0.2, 0.25) is 11.8 Å². The molecule has 32 heavy (non-hydrogen) atoms. The van der Waals surface area contributed by atoms with Crippen LogP contribution in [0.4, 0.5) is 4.39 Å². The molecule has 0 aromatic carbocycles. The van der Waals surface area contributed by atoms with E-state index in [0.717, 1.165) is 38.0 Å². The van der Waals surface area contributed by atoms with E-state index in [-0.39, 0.29) is 35.1 Å². The number of aromatic nitrogens is 1. The number of pyridine rings is 1. The Morgan fingerprint density at radius 3 is 2.62 bits per heavy atom. The highest BCUT2D eigenvalue weighted by Crippen LogP contribution is 2.34. The van der Waals surface area contributed by atoms with Gasteiger partial charge in [0.05, 0.1) is 18.2 Å². The van der Waals surface area contributed by atoms with Crippen LogP contribution in [0.15, 0.2) is 18.5 Å². The number of piperidine rings is 1. The quantitative estimate of drug-likeness (QED) is 0.768. The molecule has 0 radical (unpaired) electrons. The summed E-state index contributed by atoms with van der Waals surface area (Å²) in [5.74, 6) is -0.252. The summed E-state index contributed by atoms with van der Waals surface area (Å²) in [5, 5.41) is 3.28. The Hall–Kier alpha value is -2.06. The molecular weight excluding hydrogens is 409 g/mol. The molecular formula is C24H36FN5O2. The number of hydrogen-bond acceptors (Lipinski definition) is 5. The number of nitrogens with zero attached hydrogens (tertiary/aromatic N) is 4. The molecule has 2 atom stereocenters. The van der Waals surface area contributed by atoms with Crippen molar-refractivity contribution in [2.75, 3.05) is 33.2 Å². The molecule has 3 fully saturated rings. The lowest BCUT2D eigenvalue weighted by Gasteiger charge is -2.41. The molecule has 4 rings (SSSR count). The molecule has 2 amide bonds. The largest absolute Gasteiger partial charge is 0.348 e. The normalized spacial score (nSPS) is 26.4. The lowest BCUT2D eigenvalue weighted by atomic mass is 9.84. The zero-order chi connectivity index (χ0) is 23.1. The topological polar surface area (TPSA) is 68.8 Å². The van der Waals surface area contributed by atoms with Crippen molar-refractivity contribution in [2.24, 2.45) is 5.41 Å². The first kappa shape index (κ1) is 23.1. The molecule has 0 unspecified atom stereocenters. The van der Waals surface area contributed by atoms with Crippen LogP contribution in [-0.4, -0.2) is 82.3 Å². The third-order valence-electron chi connectivity index (χ3n) is 7.11. The molecule has 1 aromatic heterocycles. The number of fused-ring (bicyclic) bond motifs is 1. The molecule has 3 aliphatic heterocycles. The van der Waals surface area contributed by atoms with Crippen LogP contribution in [-0.2, 0) is 16.1 Å². The van der Waals surface area contributed by atoms with Gasteiger partial charge in [0.15, 0.2) is 0 Å². The number of hydrogen-bond donors (Lipinski definition) is 1. The second-order valence-electron chi connectivity index (χ2n) is 11.2. The zero-order valence-corrected chi connectivity index (χ0v) is 19.7. The lowest BCUT2D eigenvalue weighted by Crippen LogP contribution is -2.56. The highest BCUT2D eigenvalue weighted by Gasteiger charge is 2.49. The summed E-state index contributed by atoms with van der Waals surface area (Å²) in [5.41, 5.74) is 0.538. The monoisotopic (exact) mass is 445 g/mol. The van der Waals surface area contributed by atoms with Gasteiger partial charge < -0.3 is 15.1 Å². The summed E-state index contributed by atoms with van der Waals surface area (Å²) in [6, 6.07) is 1.35. The minimum Gasteiger partial charge on any atom is -0.348 e. The second kappa shape index (κ2) is 8.71. The summed E-state index contributed by atoms with van der Waals surface area (Å²) in [6.07, 6.45) is 5.40. The van der Waals surface area contributed by atoms with E-state index < -0.39 is 5.54 Å². The van der Waals surface area contributed by atoms with Gasteiger partial charge in [-0.05, 0) is 43.4 Å². The number of halogens is 1. The summed E-state index contributed by atoms with van der Waals surface area (Å²) in [6.45, 7) is 10.3. The van der Waals surface area contributed by atoms with Crippen molar-refractivity contribution in [2.45, 2.75) is 70.6 Å². The number of amides is 2. The highest BCUT2D eigenvalue weighted by atomic mass is 19.1. The minimum absolute atomic E-state index is 0.00899. The fourth-order valence-corrected chi connectivity index (χ4v) is 5.56. The molecule has 3 aliphatic rings. The molecule has 7 nitrogen and oxygen atoms in total. The molecule has 8 heteroatoms. The Morgan fingerprint density at radius 2 is 1.97 bits per heavy atom. The SMILES string of the molecule is CN(CC(C)(C)C)[C@H]1C[C@H]2C(=O)NC3(CCN(Cc4cncc(F)c4)CC3)CC(=O)N2C1. The molecule has 0 bridgehead atoms. The van der Waals surface area contributed by atoms with Gasteiger partial charge >= 0.3 is 0 Å². The van der Waals surface area contributed by atoms with E-state index in [9.17, 15) is 14.0 Å². The van der Waals surface area contributed by atoms with Gasteiger partial charge in [-0.2, -0.15) is 0 Å². The van der Waals surface area contributed by atoms with Crippen LogP contribution < -0.4 is 5.32 Å². The van der Waals surface area contributed by atoms with Gasteiger partial charge in [-0.1, -0.05) is 20.8 Å². The Labute approximate surface area is 190 Å². The fraction of sp³-hybridized carbons (Fsp3) is 0.708. The standard InChI is InChI=1S/C24H36FN5O2/c1-23(2,3)16-28(4)19-10-20-22(32)27-24(11-21(31)30(20)15-19)5-7-29(8-6-24)14-17-9-18(25)13-26-12-17/h9,12-13,19-20H,5-8,10-11,14-16H2,1-4H3,(H,27,32)/t19-,20-/m0/s1. The maximum atomic E-state index is 13.4. The van der Waals surface area contributed by atoms with Crippen LogP contribution in [0.3, 0.4) is 0 Å². The number of carbonyl (C=O) groups excluding carboxylic acids is 2. The molecule has 0 saturated carbocycles. The van der Waals surface area contributed by atoms with Gasteiger partial charge in [0.1, 0.15) is 11.9 Å². The molecule has 3 saturated heterocycles. The van der Waals surface area contributed by atoms with Crippen LogP contribution in [0.2, 0.25) is 0 Å². The summed E-state index contributed by atoms with van der Waals surface area (Å²) >= 11 is 0. The van der Waals surface area contributed by atoms with Crippen molar-refractivity contribution in [3.63, 3.8) is 0 Å². The first-order chi connectivity index (χ1) is 15.0. The number of likely N-dealkylation sites (tertiary alicyclic amines) is 1. The number of likely N-dealkylation sites (N-methyl/N-ethyl adjacent to an activating group) is 1. The summed E-state index contributed by atoms with van der Waals surface area (Å²) < 4.78 is 13.4. The van der Waals surface area contributed by atoms with Crippen molar-refractivity contribution >= 4 is 11.8 Å². The van der Waals surface area contributed by atoms with Gasteiger partial charge in [-0.25, -0.2) is 4.39 Å². The smallest absolute Gasteiger partial charge is 0.243 e. The van der Waals surface area contributed by atoms with Crippen LogP contribution in [0.5, 0.6) is 0 Å². The third kappa shape index (κ3) is 5.12. The van der Waals surface area contributed by atoms with Crippen LogP contribution in [0.1, 0.15) is 52.0 Å². The Bertz CT molecular complexity index is 834. The average Bonchev–Trinajstić information content (AvgIpc) is 3.11. The van der Waals surface area contributed by atoms with Crippen molar-refractivity contribution in [3.8, 4) is 0 Å². The van der Waals surface area contributed by atoms with Crippen LogP contribution in [0.25, 0.3) is 0 Å². The van der Waals surface area contributed by atoms with E-state index >= 15 is 0 Å². The third-order valence-corrected chi connectivity index (χ3v) is 7.11. The average molecular weight is 446 g/mol. The van der Waals surface area contributed by atoms with Crippen molar-refractivity contribution in [1.82, 2.24) is 25.0 Å². The Morgan fingerprint density at radius 1 is 1.25 bits per heavy atom. The van der Waals surface area contributed by atoms with E-state index in [1.165, 1.54) is 12.3 Å². The Balaban J connectivity index is 1.37. The van der Waals surface area contributed by atoms with Crippen LogP contribution in [0, 0.1) is 11.2 Å². The summed E-state index contributed by atoms with van der Waals surface area (Å²) in [4.78, 5) is 36.7. The van der Waals surface area contributed by atoms with Crippen molar-refractivity contribution in [3.05, 3.63) is 29.8 Å². The number of nitrogens with one attached hydrogen (secondary N) is 1. The number of carbonyl (C=O) groups is 2. The van der Waals surface area contributed by atoms with Crippen LogP contribution >= 0.6 is 0 Å². The predicted molar refractivity (Wildman–Crippen MR) is 120 cm³/mol. The molecule has 1 N–H and O–H groups in total. The first-order valence-electron chi connectivity index (χ1n) is 11.7. The molecule has 0 aliphatic carbocycles. The Kier molecular flexibility index (Phi) is 6.29. The minimum atomic E-state index is -0.470. The van der Waals surface area contributed by atoms with E-state index in [1.807, 2.05) is 4.90 Å². The van der Waals surface area contributed by atoms with Gasteiger partial charge in [-0.3, -0.25) is 19.5 Å².